The number of likely N-dealkylation sites (N-methyl/N-ethyl adjacent to an activating group) is 1. The van der Waals surface area contributed by atoms with E-state index in [1.807, 2.05) is 0 Å². The van der Waals surface area contributed by atoms with Gasteiger partial charge in [0.05, 0.1) is 39.7 Å². The quantitative estimate of drug-likeness (QED) is 0.0846. The van der Waals surface area contributed by atoms with Gasteiger partial charge in [0.25, 0.3) is 11.8 Å². The van der Waals surface area contributed by atoms with Crippen LogP contribution in [0.4, 0.5) is 21.0 Å². The van der Waals surface area contributed by atoms with Crippen LogP contribution < -0.4 is 32.7 Å². The number of carbonyl (C=O) groups is 8. The van der Waals surface area contributed by atoms with Crippen LogP contribution in [0, 0.1) is 29.6 Å². The summed E-state index contributed by atoms with van der Waals surface area (Å²) in [6.45, 7) is 3.89. The minimum Gasteiger partial charge on any atom is -0.508 e. The number of unbranched alkanes of at least 4 members (excludes halogenated alkanes) is 1. The molecular formula is C49H55N7O18. The van der Waals surface area contributed by atoms with Crippen LogP contribution in [0.1, 0.15) is 68.7 Å². The molecule has 0 spiro atoms. The Morgan fingerprint density at radius 1 is 0.622 bits per heavy atom. The second-order valence-corrected chi connectivity index (χ2v) is 20.1. The van der Waals surface area contributed by atoms with E-state index in [1.165, 1.54) is 64.0 Å². The summed E-state index contributed by atoms with van der Waals surface area (Å²) < 4.78 is 0. The van der Waals surface area contributed by atoms with Crippen molar-refractivity contribution in [2.24, 2.45) is 41.1 Å². The maximum absolute atomic E-state index is 14.3. The van der Waals surface area contributed by atoms with Crippen molar-refractivity contribution in [3.63, 3.8) is 0 Å². The van der Waals surface area contributed by atoms with Gasteiger partial charge in [-0.05, 0) is 76.9 Å². The van der Waals surface area contributed by atoms with E-state index in [4.69, 9.17) is 11.5 Å². The lowest BCUT2D eigenvalue weighted by Crippen LogP contribution is -2.67. The van der Waals surface area contributed by atoms with Crippen molar-refractivity contribution < 1.29 is 89.4 Å². The third kappa shape index (κ3) is 7.31. The van der Waals surface area contributed by atoms with Gasteiger partial charge in [-0.1, -0.05) is 19.1 Å². The number of urea groups is 2. The predicted octanol–water partition coefficient (Wildman–Crippen LogP) is 0.000700. The molecule has 0 aromatic heterocycles. The number of nitrogens with two attached hydrogens (primary N) is 2. The maximum Gasteiger partial charge on any atom is 0.319 e. The third-order valence-corrected chi connectivity index (χ3v) is 15.8. The molecule has 2 fully saturated rings. The second-order valence-electron chi connectivity index (χ2n) is 20.1. The van der Waals surface area contributed by atoms with E-state index < -0.39 is 173 Å². The number of carbonyl (C=O) groups excluding carboxylic acids is 8. The summed E-state index contributed by atoms with van der Waals surface area (Å²) in [5.74, 6) is -20.0. The highest BCUT2D eigenvalue weighted by Crippen LogP contribution is 2.60. The number of fused-ring (bicyclic) bond motifs is 6. The molecule has 0 aliphatic heterocycles. The molecule has 0 radical (unpaired) electrons. The van der Waals surface area contributed by atoms with Crippen molar-refractivity contribution in [2.75, 3.05) is 37.8 Å². The Morgan fingerprint density at radius 3 is 1.39 bits per heavy atom. The first kappa shape index (κ1) is 52.5. The number of amides is 6. The number of aromatic hydroxyl groups is 2. The zero-order valence-electron chi connectivity index (χ0n) is 40.4. The SMILES string of the molecule is C[C@@H]1C(=O)C(C(N)=O)=C(O)[C@@]2(O)C(=O)C3=C(O)c4c(ccc(NC(=O)NCCCCNC(=O)Nc5ccc6c(c5O)C(O)=C5C(=O)[C@]7(O)C(O)=C(C(N)=O)C(=O)[C@@H](N(C)C)[C@@H]7C[C@@H]5[C@]6(C)O)c4O)[C@@](C)(O)[C@H]3C[C@@H]12. The molecule has 2 saturated carbocycles. The second kappa shape index (κ2) is 17.7. The van der Waals surface area contributed by atoms with E-state index >= 15 is 0 Å². The molecule has 6 aliphatic carbocycles. The number of anilines is 2. The topological polar surface area (TPSA) is 442 Å². The summed E-state index contributed by atoms with van der Waals surface area (Å²) in [6.07, 6.45) is -0.204. The average molecular weight is 1030 g/mol. The number of nitrogens with zero attached hydrogens (tertiary/aromatic N) is 1. The van der Waals surface area contributed by atoms with Gasteiger partial charge in [0.15, 0.2) is 22.8 Å². The highest BCUT2D eigenvalue weighted by Gasteiger charge is 2.68. The highest BCUT2D eigenvalue weighted by molar-refractivity contribution is 6.25. The summed E-state index contributed by atoms with van der Waals surface area (Å²) in [5.41, 5.74) is -4.23. The number of primary amides is 2. The Hall–Kier alpha value is -7.84. The van der Waals surface area contributed by atoms with Crippen molar-refractivity contribution in [3.8, 4) is 11.5 Å². The lowest BCUT2D eigenvalue weighted by molar-refractivity contribution is -0.159. The zero-order valence-corrected chi connectivity index (χ0v) is 40.4. The summed E-state index contributed by atoms with van der Waals surface area (Å²) in [7, 11) is 2.87. The van der Waals surface area contributed by atoms with Gasteiger partial charge < -0.3 is 83.8 Å². The lowest BCUT2D eigenvalue weighted by atomic mass is 9.53. The van der Waals surface area contributed by atoms with Gasteiger partial charge in [-0.3, -0.25) is 33.7 Å². The minimum absolute atomic E-state index is 0.00320. The number of rotatable bonds is 10. The van der Waals surface area contributed by atoms with Crippen molar-refractivity contribution in [3.05, 3.63) is 80.3 Å². The number of benzene rings is 2. The number of ketones is 4. The molecule has 10 atom stereocenters. The molecule has 2 aromatic rings. The molecular weight excluding hydrogens is 975 g/mol. The molecule has 18 N–H and O–H groups in total. The van der Waals surface area contributed by atoms with E-state index in [0.717, 1.165) is 0 Å². The minimum atomic E-state index is -2.96. The van der Waals surface area contributed by atoms with Gasteiger partial charge in [0.2, 0.25) is 11.6 Å². The fourth-order valence-corrected chi connectivity index (χ4v) is 12.0. The maximum atomic E-state index is 14.3. The van der Waals surface area contributed by atoms with Crippen LogP contribution in [0.2, 0.25) is 0 Å². The van der Waals surface area contributed by atoms with E-state index in [2.05, 4.69) is 21.3 Å². The van der Waals surface area contributed by atoms with Gasteiger partial charge in [0, 0.05) is 53.8 Å². The third-order valence-electron chi connectivity index (χ3n) is 15.8. The zero-order chi connectivity index (χ0) is 54.8. The number of aliphatic hydroxyl groups excluding tert-OH is 4. The van der Waals surface area contributed by atoms with Crippen LogP contribution in [0.25, 0.3) is 11.5 Å². The molecule has 0 unspecified atom stereocenters. The molecule has 6 amide bonds. The Kier molecular flexibility index (Phi) is 12.5. The van der Waals surface area contributed by atoms with Crippen LogP contribution in [-0.4, -0.2) is 147 Å². The van der Waals surface area contributed by atoms with Crippen LogP contribution in [0.15, 0.2) is 58.1 Å². The summed E-state index contributed by atoms with van der Waals surface area (Å²) >= 11 is 0. The molecule has 74 heavy (non-hydrogen) atoms. The fraction of sp³-hybridized carbons (Fsp3) is 0.429. The Bertz CT molecular complexity index is 3080. The summed E-state index contributed by atoms with van der Waals surface area (Å²) in [6, 6.07) is 1.93. The van der Waals surface area contributed by atoms with Crippen molar-refractivity contribution in [1.29, 1.82) is 0 Å². The number of Topliss-reactive ketones (excluding diaryl/α,β-unsaturated/α-hetero) is 4. The van der Waals surface area contributed by atoms with Gasteiger partial charge in [0.1, 0.15) is 45.7 Å². The van der Waals surface area contributed by atoms with Crippen molar-refractivity contribution in [1.82, 2.24) is 15.5 Å². The summed E-state index contributed by atoms with van der Waals surface area (Å²) in [4.78, 5) is 106. The van der Waals surface area contributed by atoms with Gasteiger partial charge in [-0.25, -0.2) is 9.59 Å². The number of phenolic OH excluding ortho intramolecular Hbond substituents is 2. The molecule has 6 aliphatic rings. The van der Waals surface area contributed by atoms with Gasteiger partial charge in [-0.15, -0.1) is 0 Å². The first-order valence-corrected chi connectivity index (χ1v) is 23.3. The predicted molar refractivity (Wildman–Crippen MR) is 255 cm³/mol. The van der Waals surface area contributed by atoms with Gasteiger partial charge >= 0.3 is 12.1 Å². The van der Waals surface area contributed by atoms with E-state index in [-0.39, 0.29) is 61.3 Å². The molecule has 394 valence electrons. The van der Waals surface area contributed by atoms with Crippen molar-refractivity contribution >= 4 is 69.9 Å². The highest BCUT2D eigenvalue weighted by atomic mass is 16.4. The molecule has 0 saturated heterocycles. The van der Waals surface area contributed by atoms with Gasteiger partial charge in [-0.2, -0.15) is 0 Å². The normalized spacial score (nSPS) is 31.2. The molecule has 8 rings (SSSR count). The number of phenols is 2. The van der Waals surface area contributed by atoms with Crippen LogP contribution in [-0.2, 0) is 40.0 Å². The molecule has 0 bridgehead atoms. The van der Waals surface area contributed by atoms with Crippen LogP contribution in [0.3, 0.4) is 0 Å². The standard InChI is InChI=1S/C49H55N7O18/c1-16-19-14-20-27(38(63)48(19,73)40(65)29(32(16)57)42(50)67)35(60)25-17(46(20,2)71)8-10-23(33(25)58)54-44(69)52-12-6-7-13-53-45(70)55-24-11-9-18-26(34(24)59)36(61)28-21(47(18,3)72)15-22-31(56(4)5)37(62)30(43(51)68)41(66)49(22,74)39(28)64/h8-11,16,19-22,31,58-61,65-66,71-74H,6-7,12-15H2,1-5H3,(H2,50,67)(H2,51,68)(H2,52,54,69)(H2,53,55,70)/t16-,19-,20-,21-,22-,31-,46+,47+,48-,49-/m0/s1. The molecule has 25 heteroatoms. The Morgan fingerprint density at radius 2 is 1.00 bits per heavy atom. The van der Waals surface area contributed by atoms with E-state index in [0.29, 0.717) is 0 Å². The smallest absolute Gasteiger partial charge is 0.319 e. The van der Waals surface area contributed by atoms with Crippen LogP contribution in [0.5, 0.6) is 11.5 Å². The number of nitrogens with one attached hydrogen (secondary N) is 4. The first-order chi connectivity index (χ1) is 34.4. The molecule has 25 nitrogen and oxygen atoms in total. The number of aliphatic hydroxyl groups is 8. The monoisotopic (exact) mass is 1030 g/mol. The number of hydrogen-bond acceptors (Lipinski definition) is 19. The summed E-state index contributed by atoms with van der Waals surface area (Å²) in [5, 5.41) is 125. The Balaban J connectivity index is 0.906. The average Bonchev–Trinajstić information content (AvgIpc) is 3.30. The van der Waals surface area contributed by atoms with Crippen molar-refractivity contribution in [2.45, 2.75) is 74.9 Å². The van der Waals surface area contributed by atoms with E-state index in [9.17, 15) is 89.4 Å². The Labute approximate surface area is 419 Å². The molecule has 2 aromatic carbocycles. The lowest BCUT2D eigenvalue weighted by Gasteiger charge is -2.53. The van der Waals surface area contributed by atoms with Crippen LogP contribution >= 0.6 is 0 Å². The largest absolute Gasteiger partial charge is 0.508 e. The number of hydrogen-bond donors (Lipinski definition) is 16. The first-order valence-electron chi connectivity index (χ1n) is 23.3. The van der Waals surface area contributed by atoms with E-state index in [1.54, 1.807) is 0 Å². The molecule has 0 heterocycles. The fourth-order valence-electron chi connectivity index (χ4n) is 12.0.